The van der Waals surface area contributed by atoms with Crippen LogP contribution in [-0.2, 0) is 6.54 Å². The lowest BCUT2D eigenvalue weighted by atomic mass is 10.1. The van der Waals surface area contributed by atoms with Crippen LogP contribution in [0.1, 0.15) is 30.2 Å². The van der Waals surface area contributed by atoms with Crippen molar-refractivity contribution in [3.63, 3.8) is 0 Å². The summed E-state index contributed by atoms with van der Waals surface area (Å²) in [6.45, 7) is 7.14. The number of aryl methyl sites for hydroxylation is 1. The minimum Gasteiger partial charge on any atom is -0.311 e. The smallest absolute Gasteiger partial charge is 0.278 e. The molecule has 0 aliphatic rings. The number of nitrogens with zero attached hydrogens (tertiary/aromatic N) is 2. The van der Waals surface area contributed by atoms with Gasteiger partial charge in [0.2, 0.25) is 0 Å². The van der Waals surface area contributed by atoms with Gasteiger partial charge < -0.3 is 5.32 Å². The van der Waals surface area contributed by atoms with E-state index in [1.807, 2.05) is 11.8 Å². The monoisotopic (exact) mass is 283 g/mol. The maximum Gasteiger partial charge on any atom is 0.278 e. The van der Waals surface area contributed by atoms with Crippen molar-refractivity contribution in [1.82, 2.24) is 10.3 Å². The molecule has 0 aliphatic heterocycles. The van der Waals surface area contributed by atoms with E-state index in [1.54, 1.807) is 20.0 Å². The van der Waals surface area contributed by atoms with Crippen LogP contribution in [0.25, 0.3) is 0 Å². The van der Waals surface area contributed by atoms with Gasteiger partial charge in [0, 0.05) is 29.1 Å². The fraction of sp³-hybridized carbons (Fsp3) is 0.615. The van der Waals surface area contributed by atoms with E-state index in [0.29, 0.717) is 22.9 Å². The molecule has 0 saturated carbocycles. The molecule has 1 atom stereocenters. The first-order chi connectivity index (χ1) is 8.97. The maximum absolute atomic E-state index is 11.0. The molecule has 0 aliphatic carbocycles. The van der Waals surface area contributed by atoms with Crippen LogP contribution in [0, 0.1) is 24.0 Å². The van der Waals surface area contributed by atoms with E-state index in [2.05, 4.69) is 23.5 Å². The lowest BCUT2D eigenvalue weighted by Gasteiger charge is -2.10. The van der Waals surface area contributed by atoms with Crippen molar-refractivity contribution >= 4 is 17.4 Å². The normalized spacial score (nSPS) is 12.4. The first-order valence-corrected chi connectivity index (χ1v) is 7.59. The van der Waals surface area contributed by atoms with Gasteiger partial charge in [0.15, 0.2) is 0 Å². The summed E-state index contributed by atoms with van der Waals surface area (Å²) in [4.78, 5) is 15.0. The summed E-state index contributed by atoms with van der Waals surface area (Å²) in [6.07, 6.45) is 4.75. The average Bonchev–Trinajstić information content (AvgIpc) is 2.36. The van der Waals surface area contributed by atoms with E-state index in [1.165, 1.54) is 0 Å². The van der Waals surface area contributed by atoms with Gasteiger partial charge in [-0.3, -0.25) is 15.1 Å². The van der Waals surface area contributed by atoms with Crippen LogP contribution in [0.5, 0.6) is 0 Å². The molecule has 106 valence electrons. The molecule has 0 radical (unpaired) electrons. The molecule has 1 N–H and O–H groups in total. The minimum atomic E-state index is -0.328. The molecule has 1 heterocycles. The van der Waals surface area contributed by atoms with Gasteiger partial charge in [-0.2, -0.15) is 11.8 Å². The topological polar surface area (TPSA) is 68.1 Å². The zero-order chi connectivity index (χ0) is 14.4. The summed E-state index contributed by atoms with van der Waals surface area (Å²) < 4.78 is 0. The zero-order valence-corrected chi connectivity index (χ0v) is 12.7. The molecular weight excluding hydrogens is 262 g/mol. The number of nitro groups is 1. The molecule has 0 fully saturated rings. The van der Waals surface area contributed by atoms with Crippen LogP contribution in [0.3, 0.4) is 0 Å². The van der Waals surface area contributed by atoms with Crippen molar-refractivity contribution in [2.45, 2.75) is 39.0 Å². The molecule has 0 bridgehead atoms. The summed E-state index contributed by atoms with van der Waals surface area (Å²) in [7, 11) is 0. The van der Waals surface area contributed by atoms with Crippen molar-refractivity contribution in [3.05, 3.63) is 33.1 Å². The number of aromatic nitrogens is 1. The Kier molecular flexibility index (Phi) is 6.24. The Morgan fingerprint density at radius 3 is 2.79 bits per heavy atom. The molecule has 0 saturated heterocycles. The van der Waals surface area contributed by atoms with Gasteiger partial charge >= 0.3 is 0 Å². The van der Waals surface area contributed by atoms with Crippen LogP contribution >= 0.6 is 11.8 Å². The number of nitrogens with one attached hydrogen (secondary N) is 1. The van der Waals surface area contributed by atoms with Gasteiger partial charge in [-0.15, -0.1) is 0 Å². The highest BCUT2D eigenvalue weighted by Crippen LogP contribution is 2.23. The van der Waals surface area contributed by atoms with Crippen molar-refractivity contribution in [1.29, 1.82) is 0 Å². The first-order valence-electron chi connectivity index (χ1n) is 6.30. The summed E-state index contributed by atoms with van der Waals surface area (Å²) in [5.74, 6) is 0. The van der Waals surface area contributed by atoms with E-state index < -0.39 is 0 Å². The molecular formula is C13H21N3O2S. The van der Waals surface area contributed by atoms with Gasteiger partial charge in [-0.1, -0.05) is 6.92 Å². The molecule has 19 heavy (non-hydrogen) atoms. The number of hydrogen-bond donors (Lipinski definition) is 1. The number of thioether (sulfide) groups is 1. The summed E-state index contributed by atoms with van der Waals surface area (Å²) >= 11 is 1.84. The Hall–Kier alpha value is -1.14. The van der Waals surface area contributed by atoms with Gasteiger partial charge in [-0.25, -0.2) is 0 Å². The predicted molar refractivity (Wildman–Crippen MR) is 79.7 cm³/mol. The van der Waals surface area contributed by atoms with E-state index in [4.69, 9.17) is 0 Å². The van der Waals surface area contributed by atoms with Gasteiger partial charge in [0.05, 0.1) is 10.6 Å². The largest absolute Gasteiger partial charge is 0.311 e. The molecule has 0 amide bonds. The van der Waals surface area contributed by atoms with E-state index in [0.717, 1.165) is 18.7 Å². The second-order valence-corrected chi connectivity index (χ2v) is 5.91. The number of hydrogen-bond acceptors (Lipinski definition) is 5. The van der Waals surface area contributed by atoms with Gasteiger partial charge in [-0.05, 0) is 33.1 Å². The fourth-order valence-corrected chi connectivity index (χ4v) is 2.21. The van der Waals surface area contributed by atoms with Gasteiger partial charge in [0.1, 0.15) is 0 Å². The van der Waals surface area contributed by atoms with Gasteiger partial charge in [0.25, 0.3) is 5.69 Å². The lowest BCUT2D eigenvalue weighted by Crippen LogP contribution is -2.19. The Labute approximate surface area is 118 Å². The van der Waals surface area contributed by atoms with Crippen molar-refractivity contribution in [2.75, 3.05) is 12.8 Å². The molecule has 0 spiro atoms. The molecule has 1 rings (SSSR count). The minimum absolute atomic E-state index is 0.185. The number of pyridine rings is 1. The quantitative estimate of drug-likeness (QED) is 0.473. The van der Waals surface area contributed by atoms with Crippen molar-refractivity contribution < 1.29 is 4.92 Å². The Bertz CT molecular complexity index is 452. The van der Waals surface area contributed by atoms with Crippen LogP contribution in [0.2, 0.25) is 0 Å². The zero-order valence-electron chi connectivity index (χ0n) is 11.9. The molecule has 1 aromatic rings. The molecule has 0 aromatic carbocycles. The second kappa shape index (κ2) is 7.45. The Balaban J connectivity index is 2.65. The highest BCUT2D eigenvalue weighted by Gasteiger charge is 2.18. The number of rotatable bonds is 7. The van der Waals surface area contributed by atoms with Crippen molar-refractivity contribution in [3.8, 4) is 0 Å². The fourth-order valence-electron chi connectivity index (χ4n) is 1.85. The van der Waals surface area contributed by atoms with Crippen LogP contribution < -0.4 is 5.32 Å². The molecule has 6 heteroatoms. The standard InChI is InChI=1S/C13H21N3O2S/c1-9-7-15-12(11(3)13(9)16(17)18)8-14-6-5-10(2)19-4/h7,10,14H,5-6,8H2,1-4H3. The van der Waals surface area contributed by atoms with E-state index in [-0.39, 0.29) is 10.6 Å². The molecule has 5 nitrogen and oxygen atoms in total. The van der Waals surface area contributed by atoms with Crippen LogP contribution in [-0.4, -0.2) is 28.0 Å². The third-order valence-electron chi connectivity index (χ3n) is 3.18. The maximum atomic E-state index is 11.0. The average molecular weight is 283 g/mol. The second-order valence-electron chi connectivity index (χ2n) is 4.63. The predicted octanol–water partition coefficient (Wildman–Crippen LogP) is 2.84. The SMILES string of the molecule is CSC(C)CCNCc1ncc(C)c([N+](=O)[O-])c1C. The third-order valence-corrected chi connectivity index (χ3v) is 4.22. The third kappa shape index (κ3) is 4.47. The Morgan fingerprint density at radius 1 is 1.53 bits per heavy atom. The van der Waals surface area contributed by atoms with Crippen molar-refractivity contribution in [2.24, 2.45) is 0 Å². The molecule has 1 unspecified atom stereocenters. The summed E-state index contributed by atoms with van der Waals surface area (Å²) in [6, 6.07) is 0. The summed E-state index contributed by atoms with van der Waals surface area (Å²) in [5.41, 5.74) is 2.22. The van der Waals surface area contributed by atoms with Crippen LogP contribution in [0.15, 0.2) is 6.20 Å². The Morgan fingerprint density at radius 2 is 2.21 bits per heavy atom. The van der Waals surface area contributed by atoms with E-state index >= 15 is 0 Å². The highest BCUT2D eigenvalue weighted by atomic mass is 32.2. The first kappa shape index (κ1) is 15.9. The van der Waals surface area contributed by atoms with E-state index in [9.17, 15) is 10.1 Å². The molecule has 1 aromatic heterocycles. The summed E-state index contributed by atoms with van der Waals surface area (Å²) in [5, 5.41) is 14.9. The van der Waals surface area contributed by atoms with Crippen LogP contribution in [0.4, 0.5) is 5.69 Å². The lowest BCUT2D eigenvalue weighted by molar-refractivity contribution is -0.386. The highest BCUT2D eigenvalue weighted by molar-refractivity contribution is 7.99.